The molecule has 27 heavy (non-hydrogen) atoms. The van der Waals surface area contributed by atoms with E-state index in [0.29, 0.717) is 27.5 Å². The Bertz CT molecular complexity index is 1310. The number of fused-ring (bicyclic) bond motifs is 3. The first-order valence-corrected chi connectivity index (χ1v) is 9.44. The van der Waals surface area contributed by atoms with Crippen molar-refractivity contribution in [2.75, 3.05) is 0 Å². The second-order valence-corrected chi connectivity index (χ2v) is 7.62. The van der Waals surface area contributed by atoms with Gasteiger partial charge in [-0.05, 0) is 42.0 Å². The fourth-order valence-corrected chi connectivity index (χ4v) is 4.52. The number of nitro groups is 1. The minimum absolute atomic E-state index is 0.159. The molecule has 2 aromatic heterocycles. The van der Waals surface area contributed by atoms with E-state index < -0.39 is 14.9 Å². The molecule has 4 rings (SSSR count). The van der Waals surface area contributed by atoms with Crippen molar-refractivity contribution >= 4 is 38.0 Å². The molecule has 2 aromatic carbocycles. The van der Waals surface area contributed by atoms with Gasteiger partial charge in [0, 0.05) is 23.0 Å². The summed E-state index contributed by atoms with van der Waals surface area (Å²) in [5, 5.41) is 11.9. The van der Waals surface area contributed by atoms with Crippen molar-refractivity contribution in [1.82, 2.24) is 8.96 Å². The van der Waals surface area contributed by atoms with Gasteiger partial charge >= 0.3 is 0 Å². The lowest BCUT2D eigenvalue weighted by Crippen LogP contribution is -2.13. The highest BCUT2D eigenvalue weighted by Gasteiger charge is 2.23. The minimum atomic E-state index is -3.86. The second kappa shape index (κ2) is 6.33. The molecule has 7 nitrogen and oxygen atoms in total. The summed E-state index contributed by atoms with van der Waals surface area (Å²) in [5.74, 6) is 0. The molecule has 4 aromatic rings. The van der Waals surface area contributed by atoms with Gasteiger partial charge in [-0.2, -0.15) is 0 Å². The highest BCUT2D eigenvalue weighted by Crippen LogP contribution is 2.32. The Balaban J connectivity index is 2.05. The van der Waals surface area contributed by atoms with Crippen LogP contribution in [0.4, 0.5) is 0 Å². The van der Waals surface area contributed by atoms with Crippen LogP contribution in [-0.4, -0.2) is 22.3 Å². The molecule has 0 spiro atoms. The predicted molar refractivity (Wildman–Crippen MR) is 102 cm³/mol. The van der Waals surface area contributed by atoms with Crippen molar-refractivity contribution in [3.8, 4) is 0 Å². The number of aromatic nitrogens is 2. The zero-order chi connectivity index (χ0) is 19.0. The van der Waals surface area contributed by atoms with Crippen LogP contribution in [-0.2, 0) is 10.0 Å². The van der Waals surface area contributed by atoms with Crippen LogP contribution in [0.5, 0.6) is 0 Å². The van der Waals surface area contributed by atoms with Gasteiger partial charge in [-0.1, -0.05) is 24.3 Å². The highest BCUT2D eigenvalue weighted by atomic mass is 32.2. The lowest BCUT2D eigenvalue weighted by molar-refractivity contribution is -0.400. The van der Waals surface area contributed by atoms with Gasteiger partial charge in [0.25, 0.3) is 10.0 Å². The van der Waals surface area contributed by atoms with E-state index in [1.54, 1.807) is 48.5 Å². The molecule has 0 atom stereocenters. The molecule has 8 heteroatoms. The van der Waals surface area contributed by atoms with Crippen LogP contribution in [0.1, 0.15) is 5.56 Å². The summed E-state index contributed by atoms with van der Waals surface area (Å²) in [4.78, 5) is 14.5. The monoisotopic (exact) mass is 379 g/mol. The summed E-state index contributed by atoms with van der Waals surface area (Å²) in [7, 11) is -3.86. The topological polar surface area (TPSA) is 95.1 Å². The van der Waals surface area contributed by atoms with Crippen molar-refractivity contribution in [3.05, 3.63) is 88.7 Å². The minimum Gasteiger partial charge on any atom is -0.259 e. The predicted octanol–water partition coefficient (Wildman–Crippen LogP) is 3.67. The molecule has 0 aliphatic rings. The van der Waals surface area contributed by atoms with Crippen LogP contribution < -0.4 is 0 Å². The van der Waals surface area contributed by atoms with Gasteiger partial charge in [0.2, 0.25) is 6.20 Å². The van der Waals surface area contributed by atoms with Crippen molar-refractivity contribution in [1.29, 1.82) is 0 Å². The average Bonchev–Trinajstić information content (AvgIpc) is 3.01. The maximum Gasteiger partial charge on any atom is 0.269 e. The average molecular weight is 379 g/mol. The van der Waals surface area contributed by atoms with E-state index in [9.17, 15) is 18.5 Å². The first kappa shape index (κ1) is 16.9. The van der Waals surface area contributed by atoms with Crippen molar-refractivity contribution < 1.29 is 13.3 Å². The van der Waals surface area contributed by atoms with Gasteiger partial charge in [-0.3, -0.25) is 10.1 Å². The Morgan fingerprint density at radius 3 is 2.52 bits per heavy atom. The Hall–Kier alpha value is -3.52. The molecule has 0 amide bonds. The van der Waals surface area contributed by atoms with Crippen LogP contribution in [0.25, 0.3) is 28.0 Å². The molecule has 0 aliphatic heterocycles. The van der Waals surface area contributed by atoms with E-state index in [-0.39, 0.29) is 4.90 Å². The molecular formula is C19H13N3O4S. The molecular weight excluding hydrogens is 366 g/mol. The fraction of sp³-hybridized carbons (Fsp3) is 0. The van der Waals surface area contributed by atoms with E-state index in [1.807, 2.05) is 0 Å². The van der Waals surface area contributed by atoms with Gasteiger partial charge in [0.1, 0.15) is 0 Å². The quantitative estimate of drug-likeness (QED) is 0.398. The van der Waals surface area contributed by atoms with Gasteiger partial charge in [-0.15, -0.1) is 0 Å². The van der Waals surface area contributed by atoms with Gasteiger partial charge < -0.3 is 0 Å². The number of pyridine rings is 1. The van der Waals surface area contributed by atoms with Crippen LogP contribution in [0.2, 0.25) is 0 Å². The van der Waals surface area contributed by atoms with Crippen molar-refractivity contribution in [3.63, 3.8) is 0 Å². The van der Waals surface area contributed by atoms with E-state index in [0.717, 1.165) is 6.20 Å². The van der Waals surface area contributed by atoms with Gasteiger partial charge in [0.15, 0.2) is 5.65 Å². The largest absolute Gasteiger partial charge is 0.269 e. The standard InChI is InChI=1S/C19H13N3O4S/c23-21(24)12-10-14-8-9-18-17(13-14)16-7-4-11-20-19(16)22(18)27(25,26)15-5-2-1-3-6-15/h1-13H/b12-10+. The Labute approximate surface area is 154 Å². The summed E-state index contributed by atoms with van der Waals surface area (Å²) >= 11 is 0. The van der Waals surface area contributed by atoms with Crippen LogP contribution in [0, 0.1) is 10.1 Å². The summed E-state index contributed by atoms with van der Waals surface area (Å²) in [6.07, 6.45) is 3.75. The first-order valence-electron chi connectivity index (χ1n) is 8.00. The van der Waals surface area contributed by atoms with E-state index in [2.05, 4.69) is 4.98 Å². The highest BCUT2D eigenvalue weighted by molar-refractivity contribution is 7.90. The van der Waals surface area contributed by atoms with Crippen molar-refractivity contribution in [2.24, 2.45) is 0 Å². The molecule has 0 fully saturated rings. The lowest BCUT2D eigenvalue weighted by atomic mass is 10.1. The third kappa shape index (κ3) is 2.85. The zero-order valence-electron chi connectivity index (χ0n) is 13.9. The molecule has 0 saturated heterocycles. The molecule has 2 heterocycles. The number of rotatable bonds is 4. The third-order valence-corrected chi connectivity index (χ3v) is 5.90. The summed E-state index contributed by atoms with van der Waals surface area (Å²) in [6, 6.07) is 16.6. The maximum absolute atomic E-state index is 13.2. The van der Waals surface area contributed by atoms with Crippen LogP contribution in [0.3, 0.4) is 0 Å². The Morgan fingerprint density at radius 1 is 1.00 bits per heavy atom. The Morgan fingerprint density at radius 2 is 1.78 bits per heavy atom. The smallest absolute Gasteiger partial charge is 0.259 e. The summed E-state index contributed by atoms with van der Waals surface area (Å²) in [5.41, 5.74) is 1.37. The van der Waals surface area contributed by atoms with E-state index in [1.165, 1.54) is 28.4 Å². The molecule has 0 radical (unpaired) electrons. The molecule has 0 aliphatic carbocycles. The SMILES string of the molecule is O=[N+]([O-])/C=C/c1ccc2c(c1)c1cccnc1n2S(=O)(=O)c1ccccc1. The van der Waals surface area contributed by atoms with Gasteiger partial charge in [-0.25, -0.2) is 17.4 Å². The van der Waals surface area contributed by atoms with Gasteiger partial charge in [0.05, 0.1) is 15.3 Å². The summed E-state index contributed by atoms with van der Waals surface area (Å²) in [6.45, 7) is 0. The van der Waals surface area contributed by atoms with E-state index in [4.69, 9.17) is 0 Å². The number of nitrogens with zero attached hydrogens (tertiary/aromatic N) is 3. The normalized spacial score (nSPS) is 12.1. The first-order chi connectivity index (χ1) is 13.0. The molecule has 0 saturated carbocycles. The zero-order valence-corrected chi connectivity index (χ0v) is 14.7. The van der Waals surface area contributed by atoms with Crippen molar-refractivity contribution in [2.45, 2.75) is 4.90 Å². The second-order valence-electron chi connectivity index (χ2n) is 5.83. The lowest BCUT2D eigenvalue weighted by Gasteiger charge is -2.08. The fourth-order valence-electron chi connectivity index (χ4n) is 3.02. The number of hydrogen-bond donors (Lipinski definition) is 0. The summed E-state index contributed by atoms with van der Waals surface area (Å²) < 4.78 is 27.7. The number of benzene rings is 2. The molecule has 0 N–H and O–H groups in total. The maximum atomic E-state index is 13.2. The molecule has 0 unspecified atom stereocenters. The van der Waals surface area contributed by atoms with Crippen LogP contribution in [0.15, 0.2) is 78.0 Å². The third-order valence-electron chi connectivity index (χ3n) is 4.18. The molecule has 134 valence electrons. The van der Waals surface area contributed by atoms with E-state index >= 15 is 0 Å². The Kier molecular flexibility index (Phi) is 3.97. The van der Waals surface area contributed by atoms with Crippen LogP contribution >= 0.6 is 0 Å². The number of hydrogen-bond acceptors (Lipinski definition) is 5. The molecule has 0 bridgehead atoms.